The summed E-state index contributed by atoms with van der Waals surface area (Å²) in [6, 6.07) is 9.44. The number of amides is 4. The van der Waals surface area contributed by atoms with Crippen LogP contribution in [0.5, 0.6) is 0 Å². The van der Waals surface area contributed by atoms with Crippen LogP contribution in [-0.2, 0) is 35.2 Å². The van der Waals surface area contributed by atoms with Crippen molar-refractivity contribution in [1.29, 1.82) is 0 Å². The molecule has 3 heterocycles. The monoisotopic (exact) mass is 597 g/mol. The summed E-state index contributed by atoms with van der Waals surface area (Å²) in [6.45, 7) is 3.07. The molecule has 3 aliphatic heterocycles. The molecule has 11 heteroatoms. The third-order valence-electron chi connectivity index (χ3n) is 9.40. The fourth-order valence-electron chi connectivity index (χ4n) is 7.04. The van der Waals surface area contributed by atoms with Crippen LogP contribution in [0.4, 0.5) is 0 Å². The molecule has 0 radical (unpaired) electrons. The number of fused-ring (bicyclic) bond motifs is 3. The first-order valence-corrected chi connectivity index (χ1v) is 16.0. The quantitative estimate of drug-likeness (QED) is 0.450. The van der Waals surface area contributed by atoms with E-state index < -0.39 is 6.04 Å². The van der Waals surface area contributed by atoms with Gasteiger partial charge < -0.3 is 35.2 Å². The molecule has 1 aromatic carbocycles. The van der Waals surface area contributed by atoms with E-state index >= 15 is 0 Å². The van der Waals surface area contributed by atoms with Crippen LogP contribution in [0.2, 0.25) is 0 Å². The lowest BCUT2D eigenvalue weighted by molar-refractivity contribution is -0.143. The van der Waals surface area contributed by atoms with Crippen molar-refractivity contribution < 1.29 is 28.7 Å². The third kappa shape index (κ3) is 8.77. The second-order valence-electron chi connectivity index (χ2n) is 12.4. The minimum Gasteiger partial charge on any atom is -0.377 e. The number of ether oxygens (including phenoxy) is 2. The number of nitrogens with zero attached hydrogens (tertiary/aromatic N) is 2. The van der Waals surface area contributed by atoms with Crippen molar-refractivity contribution in [1.82, 2.24) is 25.8 Å². The van der Waals surface area contributed by atoms with Gasteiger partial charge in [0.15, 0.2) is 0 Å². The van der Waals surface area contributed by atoms with E-state index in [9.17, 15) is 19.2 Å². The molecule has 3 saturated heterocycles. The molecule has 0 unspecified atom stereocenters. The third-order valence-corrected chi connectivity index (χ3v) is 9.40. The van der Waals surface area contributed by atoms with Gasteiger partial charge in [-0.15, -0.1) is 0 Å². The number of carbonyl (C=O) groups excluding carboxylic acids is 4. The molecule has 1 saturated carbocycles. The van der Waals surface area contributed by atoms with Crippen molar-refractivity contribution in [3.05, 3.63) is 35.9 Å². The summed E-state index contributed by atoms with van der Waals surface area (Å²) in [6.07, 6.45) is 6.37. The molecular weight excluding hydrogens is 550 g/mol. The summed E-state index contributed by atoms with van der Waals surface area (Å²) in [4.78, 5) is 57.0. The van der Waals surface area contributed by atoms with Gasteiger partial charge in [0.05, 0.1) is 19.8 Å². The highest BCUT2D eigenvalue weighted by atomic mass is 16.5. The number of piperidine rings is 1. The second-order valence-corrected chi connectivity index (χ2v) is 12.4. The molecule has 0 aromatic heterocycles. The van der Waals surface area contributed by atoms with Crippen LogP contribution < -0.4 is 16.0 Å². The van der Waals surface area contributed by atoms with E-state index in [0.717, 1.165) is 24.8 Å². The lowest BCUT2D eigenvalue weighted by atomic mass is 9.80. The van der Waals surface area contributed by atoms with Crippen LogP contribution in [0.15, 0.2) is 30.3 Å². The minimum absolute atomic E-state index is 0.0499. The largest absolute Gasteiger partial charge is 0.377 e. The van der Waals surface area contributed by atoms with Gasteiger partial charge in [-0.3, -0.25) is 19.2 Å². The summed E-state index contributed by atoms with van der Waals surface area (Å²) in [5.41, 5.74) is 1.02. The SMILES string of the molecule is O=C(C[C@@H]1CCN2C[C@@H]1CC(=O)N1CC[C@@H](NC3CCCC3)[C@H]1C(=O)NCCOCCOCC2=O)NCc1ccccc1. The zero-order valence-electron chi connectivity index (χ0n) is 25.1. The van der Waals surface area contributed by atoms with Gasteiger partial charge >= 0.3 is 0 Å². The van der Waals surface area contributed by atoms with Gasteiger partial charge in [0.25, 0.3) is 0 Å². The lowest BCUT2D eigenvalue weighted by Gasteiger charge is -2.39. The van der Waals surface area contributed by atoms with Gasteiger partial charge in [0, 0.05) is 57.6 Å². The van der Waals surface area contributed by atoms with Crippen molar-refractivity contribution in [2.75, 3.05) is 52.6 Å². The standard InChI is InChI=1S/C32H47N5O6/c38-28(34-20-23-6-2-1-3-7-23)18-24-10-13-36-21-25(24)19-29(39)37-14-11-27(35-26-8-4-5-9-26)31(37)32(41)33-12-15-42-16-17-43-22-30(36)40/h1-3,6-7,24-27,31,35H,4-5,8-22H2,(H,33,41)(H,34,38)/t24-,25-,27+,31-/m0/s1. The predicted octanol–water partition coefficient (Wildman–Crippen LogP) is 1.21. The highest BCUT2D eigenvalue weighted by Gasteiger charge is 2.44. The number of rotatable bonds is 6. The fourth-order valence-corrected chi connectivity index (χ4v) is 7.04. The number of hydrogen-bond donors (Lipinski definition) is 3. The molecular formula is C32H47N5O6. The fraction of sp³-hybridized carbons (Fsp3) is 0.688. The van der Waals surface area contributed by atoms with Crippen LogP contribution in [0.1, 0.15) is 56.9 Å². The van der Waals surface area contributed by atoms with Gasteiger partial charge in [0.2, 0.25) is 23.6 Å². The Labute approximate surface area is 254 Å². The molecule has 0 spiro atoms. The second kappa shape index (κ2) is 15.6. The topological polar surface area (TPSA) is 129 Å². The van der Waals surface area contributed by atoms with Crippen LogP contribution in [0, 0.1) is 11.8 Å². The predicted molar refractivity (Wildman–Crippen MR) is 160 cm³/mol. The summed E-state index contributed by atoms with van der Waals surface area (Å²) in [7, 11) is 0. The first kappa shape index (κ1) is 31.4. The maximum absolute atomic E-state index is 14.0. The van der Waals surface area contributed by atoms with E-state index in [0.29, 0.717) is 58.4 Å². The minimum atomic E-state index is -0.596. The maximum atomic E-state index is 14.0. The molecule has 11 nitrogen and oxygen atoms in total. The summed E-state index contributed by atoms with van der Waals surface area (Å²) in [5, 5.41) is 9.69. The molecule has 4 atom stereocenters. The highest BCUT2D eigenvalue weighted by Crippen LogP contribution is 2.32. The Balaban J connectivity index is 1.29. The Morgan fingerprint density at radius 3 is 2.53 bits per heavy atom. The van der Waals surface area contributed by atoms with E-state index in [2.05, 4.69) is 16.0 Å². The van der Waals surface area contributed by atoms with E-state index in [-0.39, 0.29) is 67.6 Å². The molecule has 2 bridgehead atoms. The van der Waals surface area contributed by atoms with Gasteiger partial charge in [-0.25, -0.2) is 0 Å². The van der Waals surface area contributed by atoms with Crippen molar-refractivity contribution in [2.24, 2.45) is 11.8 Å². The molecule has 4 fully saturated rings. The Kier molecular flexibility index (Phi) is 11.4. The van der Waals surface area contributed by atoms with Crippen LogP contribution in [0.3, 0.4) is 0 Å². The Morgan fingerprint density at radius 2 is 1.72 bits per heavy atom. The zero-order chi connectivity index (χ0) is 30.0. The number of nitrogens with one attached hydrogen (secondary N) is 3. The maximum Gasteiger partial charge on any atom is 0.248 e. The van der Waals surface area contributed by atoms with Crippen molar-refractivity contribution in [3.8, 4) is 0 Å². The molecule has 3 N–H and O–H groups in total. The Hall–Kier alpha value is -3.02. The first-order valence-electron chi connectivity index (χ1n) is 16.0. The number of benzene rings is 1. The first-order chi connectivity index (χ1) is 21.0. The van der Waals surface area contributed by atoms with Gasteiger partial charge in [-0.2, -0.15) is 0 Å². The average Bonchev–Trinajstić information content (AvgIpc) is 3.68. The highest BCUT2D eigenvalue weighted by molar-refractivity contribution is 5.89. The van der Waals surface area contributed by atoms with Crippen LogP contribution in [-0.4, -0.2) is 104 Å². The van der Waals surface area contributed by atoms with E-state index in [1.807, 2.05) is 30.3 Å². The van der Waals surface area contributed by atoms with Gasteiger partial charge in [-0.05, 0) is 43.1 Å². The van der Waals surface area contributed by atoms with E-state index in [4.69, 9.17) is 9.47 Å². The van der Waals surface area contributed by atoms with Crippen molar-refractivity contribution in [3.63, 3.8) is 0 Å². The molecule has 5 rings (SSSR count). The summed E-state index contributed by atoms with van der Waals surface area (Å²) in [5.74, 6) is -0.693. The molecule has 236 valence electrons. The summed E-state index contributed by atoms with van der Waals surface area (Å²) >= 11 is 0. The molecule has 4 aliphatic rings. The summed E-state index contributed by atoms with van der Waals surface area (Å²) < 4.78 is 11.1. The van der Waals surface area contributed by atoms with E-state index in [1.165, 1.54) is 12.8 Å². The van der Waals surface area contributed by atoms with Gasteiger partial charge in [-0.1, -0.05) is 43.2 Å². The average molecular weight is 598 g/mol. The Morgan fingerprint density at radius 1 is 0.930 bits per heavy atom. The van der Waals surface area contributed by atoms with Crippen molar-refractivity contribution >= 4 is 23.6 Å². The zero-order valence-corrected chi connectivity index (χ0v) is 25.1. The normalized spacial score (nSPS) is 28.3. The molecule has 43 heavy (non-hydrogen) atoms. The molecule has 4 amide bonds. The van der Waals surface area contributed by atoms with Crippen LogP contribution in [0.25, 0.3) is 0 Å². The van der Waals surface area contributed by atoms with Crippen molar-refractivity contribution in [2.45, 2.75) is 76.0 Å². The number of hydrogen-bond acceptors (Lipinski definition) is 7. The van der Waals surface area contributed by atoms with Gasteiger partial charge in [0.1, 0.15) is 12.6 Å². The molecule has 1 aliphatic carbocycles. The smallest absolute Gasteiger partial charge is 0.248 e. The number of carbonyl (C=O) groups is 4. The van der Waals surface area contributed by atoms with Crippen LogP contribution >= 0.6 is 0 Å². The van der Waals surface area contributed by atoms with E-state index in [1.54, 1.807) is 9.80 Å². The lowest BCUT2D eigenvalue weighted by Crippen LogP contribution is -2.56. The Bertz CT molecular complexity index is 1100. The molecule has 1 aromatic rings.